The average molecular weight is 878 g/mol. The van der Waals surface area contributed by atoms with Crippen LogP contribution in [0.2, 0.25) is 72.5 Å². The molecule has 0 spiro atoms. The largest absolute Gasteiger partial charge is 0.444 e. The summed E-state index contributed by atoms with van der Waals surface area (Å²) in [5.74, 6) is -0.0890. The number of piperidine rings is 1. The monoisotopic (exact) mass is 877 g/mol. The van der Waals surface area contributed by atoms with E-state index in [-0.39, 0.29) is 12.0 Å². The number of nitrogens with one attached hydrogen (secondary N) is 3. The molecule has 0 aromatic carbocycles. The van der Waals surface area contributed by atoms with Crippen molar-refractivity contribution < 1.29 is 36.8 Å². The maximum atomic E-state index is 13.5. The van der Waals surface area contributed by atoms with E-state index >= 15 is 0 Å². The van der Waals surface area contributed by atoms with Gasteiger partial charge in [-0.2, -0.15) is 0 Å². The molecular weight excluding hydrogens is 789 g/mol. The number of hydrogen-bond acceptors (Lipinski definition) is 10. The second-order valence-corrected chi connectivity index (χ2v) is 36.9. The summed E-state index contributed by atoms with van der Waals surface area (Å²) in [7, 11) is -8.94. The third-order valence-corrected chi connectivity index (χ3v) is 31.3. The van der Waals surface area contributed by atoms with Gasteiger partial charge in [0.1, 0.15) is 23.5 Å². The van der Waals surface area contributed by atoms with E-state index in [9.17, 15) is 9.59 Å². The quantitative estimate of drug-likeness (QED) is 0.0551. The second-order valence-electron chi connectivity index (χ2n) is 18.0. The molecule has 336 valence electrons. The van der Waals surface area contributed by atoms with Gasteiger partial charge < -0.3 is 27.2 Å². The molecule has 0 unspecified atom stereocenters. The summed E-state index contributed by atoms with van der Waals surface area (Å²) in [6, 6.07) is 10.6. The van der Waals surface area contributed by atoms with Gasteiger partial charge in [0.2, 0.25) is 5.96 Å². The molecule has 0 bridgehead atoms. The number of carbonyl (C=O) groups excluding carboxylic acids is 2. The van der Waals surface area contributed by atoms with Crippen LogP contribution in [-0.4, -0.2) is 99.7 Å². The molecule has 2 amide bonds. The van der Waals surface area contributed by atoms with E-state index in [0.29, 0.717) is 6.61 Å². The van der Waals surface area contributed by atoms with Crippen LogP contribution in [0.4, 0.5) is 9.59 Å². The van der Waals surface area contributed by atoms with Crippen molar-refractivity contribution in [1.82, 2.24) is 16.0 Å². The molecule has 1 fully saturated rings. The van der Waals surface area contributed by atoms with Crippen molar-refractivity contribution in [2.45, 2.75) is 239 Å². The van der Waals surface area contributed by atoms with Gasteiger partial charge in [0.05, 0.1) is 24.9 Å². The minimum atomic E-state index is -2.36. The number of alkyl carbamates (subject to hydrolysis) is 2. The van der Waals surface area contributed by atoms with Crippen molar-refractivity contribution in [3.05, 3.63) is 0 Å². The Kier molecular flexibility index (Phi) is 22.5. The lowest BCUT2D eigenvalue weighted by Gasteiger charge is -2.52. The van der Waals surface area contributed by atoms with Gasteiger partial charge in [-0.1, -0.05) is 83.1 Å². The van der Waals surface area contributed by atoms with Crippen molar-refractivity contribution in [1.29, 1.82) is 0 Å². The maximum Gasteiger partial charge on any atom is 0.414 e. The van der Waals surface area contributed by atoms with Crippen molar-refractivity contribution in [3.8, 4) is 0 Å². The van der Waals surface area contributed by atoms with E-state index < -0.39 is 81.1 Å². The van der Waals surface area contributed by atoms with Crippen molar-refractivity contribution >= 4 is 51.4 Å². The summed E-state index contributed by atoms with van der Waals surface area (Å²) in [5, 5.41) is 9.50. The molecule has 3 N–H and O–H groups in total. The molecule has 1 rings (SSSR count). The SMILES string of the molecule is CC[Si](CC)(CC)OC[C@H]1N[C@H](O[Si](CC)(CC)CC)[C@H](N=C(NC(=O)OC(C)(C)C)NC(=O)OC(C)(C)C)[C@@H](O[Si](CC)(CC)CC)[C@@H]1O[Si](CC)(CC)CC. The van der Waals surface area contributed by atoms with E-state index in [1.807, 2.05) is 0 Å². The molecule has 0 aromatic heterocycles. The molecule has 1 saturated heterocycles. The lowest BCUT2D eigenvalue weighted by Crippen LogP contribution is -2.72. The molecule has 0 radical (unpaired) electrons. The van der Waals surface area contributed by atoms with Gasteiger partial charge in [-0.15, -0.1) is 0 Å². The number of hydrogen-bond donors (Lipinski definition) is 3. The van der Waals surface area contributed by atoms with Crippen LogP contribution in [-0.2, 0) is 27.2 Å². The summed E-state index contributed by atoms with van der Waals surface area (Å²) < 4.78 is 41.2. The van der Waals surface area contributed by atoms with Crippen molar-refractivity contribution in [3.63, 3.8) is 0 Å². The van der Waals surface area contributed by atoms with Crippen molar-refractivity contribution in [2.24, 2.45) is 4.99 Å². The van der Waals surface area contributed by atoms with Crippen LogP contribution < -0.4 is 16.0 Å². The Balaban J connectivity index is 4.41. The van der Waals surface area contributed by atoms with Gasteiger partial charge in [-0.25, -0.2) is 14.6 Å². The molecule has 0 aromatic rings. The minimum absolute atomic E-state index is 0.0890. The van der Waals surface area contributed by atoms with Crippen molar-refractivity contribution in [2.75, 3.05) is 6.61 Å². The van der Waals surface area contributed by atoms with Gasteiger partial charge in [-0.05, 0) is 114 Å². The third kappa shape index (κ3) is 16.0. The first-order chi connectivity index (χ1) is 26.6. The fourth-order valence-electron chi connectivity index (χ4n) is 7.89. The third-order valence-electron chi connectivity index (χ3n) is 12.7. The molecule has 1 heterocycles. The first-order valence-electron chi connectivity index (χ1n) is 22.6. The Morgan fingerprint density at radius 3 is 1.19 bits per heavy atom. The average Bonchev–Trinajstić information content (AvgIpc) is 3.16. The molecular formula is C41H88N4O8Si4. The van der Waals surface area contributed by atoms with Crippen LogP contribution in [0.25, 0.3) is 0 Å². The van der Waals surface area contributed by atoms with Crippen LogP contribution in [0.3, 0.4) is 0 Å². The summed E-state index contributed by atoms with van der Waals surface area (Å²) >= 11 is 0. The first-order valence-corrected chi connectivity index (χ1v) is 32.7. The Labute approximate surface area is 353 Å². The molecule has 5 atom stereocenters. The van der Waals surface area contributed by atoms with Gasteiger partial charge in [0.15, 0.2) is 33.3 Å². The number of carbonyl (C=O) groups is 2. The zero-order valence-electron chi connectivity index (χ0n) is 39.8. The van der Waals surface area contributed by atoms with Crippen LogP contribution in [0.1, 0.15) is 125 Å². The van der Waals surface area contributed by atoms with E-state index in [2.05, 4.69) is 99.0 Å². The maximum absolute atomic E-state index is 13.5. The molecule has 1 aliphatic rings. The van der Waals surface area contributed by atoms with E-state index in [0.717, 1.165) is 72.5 Å². The van der Waals surface area contributed by atoms with Gasteiger partial charge in [-0.3, -0.25) is 16.0 Å². The van der Waals surface area contributed by atoms with Crippen LogP contribution >= 0.6 is 0 Å². The molecule has 1 aliphatic heterocycles. The number of aliphatic imine (C=N–C) groups is 1. The van der Waals surface area contributed by atoms with E-state index in [1.54, 1.807) is 41.5 Å². The Morgan fingerprint density at radius 2 is 0.860 bits per heavy atom. The van der Waals surface area contributed by atoms with E-state index in [4.69, 9.17) is 32.2 Å². The fourth-order valence-corrected chi connectivity index (χ4v) is 19.0. The number of ether oxygens (including phenoxy) is 2. The predicted molar refractivity (Wildman–Crippen MR) is 246 cm³/mol. The summed E-state index contributed by atoms with van der Waals surface area (Å²) in [6.45, 7) is 38.1. The second kappa shape index (κ2) is 23.8. The highest BCUT2D eigenvalue weighted by molar-refractivity contribution is 6.75. The topological polar surface area (TPSA) is 138 Å². The Morgan fingerprint density at radius 1 is 0.526 bits per heavy atom. The van der Waals surface area contributed by atoms with Crippen LogP contribution in [0.5, 0.6) is 0 Å². The lowest BCUT2D eigenvalue weighted by molar-refractivity contribution is -0.0821. The fraction of sp³-hybridized carbons (Fsp3) is 0.927. The van der Waals surface area contributed by atoms with E-state index in [1.165, 1.54) is 0 Å². The number of nitrogens with zero attached hydrogens (tertiary/aromatic N) is 1. The number of rotatable bonds is 22. The Hall–Kier alpha value is -1.12. The lowest BCUT2D eigenvalue weighted by atomic mass is 9.93. The highest BCUT2D eigenvalue weighted by Gasteiger charge is 2.54. The summed E-state index contributed by atoms with van der Waals surface area (Å²) in [4.78, 5) is 32.2. The highest BCUT2D eigenvalue weighted by atomic mass is 28.4. The molecule has 0 aliphatic carbocycles. The Bertz CT molecular complexity index is 1170. The zero-order valence-corrected chi connectivity index (χ0v) is 43.8. The number of amides is 2. The number of guanidine groups is 1. The smallest absolute Gasteiger partial charge is 0.414 e. The van der Waals surface area contributed by atoms with Gasteiger partial charge >= 0.3 is 12.2 Å². The minimum Gasteiger partial charge on any atom is -0.444 e. The normalized spacial score (nSPS) is 21.2. The zero-order chi connectivity index (χ0) is 43.9. The van der Waals surface area contributed by atoms with Gasteiger partial charge in [0, 0.05) is 0 Å². The molecule has 0 saturated carbocycles. The highest BCUT2D eigenvalue weighted by Crippen LogP contribution is 2.38. The van der Waals surface area contributed by atoms with Crippen LogP contribution in [0, 0.1) is 0 Å². The molecule has 16 heteroatoms. The van der Waals surface area contributed by atoms with Gasteiger partial charge in [0.25, 0.3) is 0 Å². The predicted octanol–water partition coefficient (Wildman–Crippen LogP) is 10.9. The standard InChI is InChI=1S/C41H88N4O8Si4/c1-19-54(20-2,21-3)48-31-32-34(51-55(22-4,23-5)24-6)35(52-56(25-7,26-8)27-9)33(36(42-32)53-57(28-10,29-11)30-12)43-37(44-38(46)49-40(13,14)15)45-39(47)50-41(16,17)18/h32-36,42H,19-31H2,1-18H3,(H2,43,44,45,46,47)/t32-,33-,34-,35-,36-/m1/s1. The molecule has 57 heavy (non-hydrogen) atoms. The summed E-state index contributed by atoms with van der Waals surface area (Å²) in [6.07, 6.45) is -3.11. The summed E-state index contributed by atoms with van der Waals surface area (Å²) in [5.41, 5.74) is -1.58. The molecule has 12 nitrogen and oxygen atoms in total. The van der Waals surface area contributed by atoms with Crippen LogP contribution in [0.15, 0.2) is 4.99 Å². The first kappa shape index (κ1) is 53.9.